The van der Waals surface area contributed by atoms with E-state index < -0.39 is 27.2 Å². The highest BCUT2D eigenvalue weighted by molar-refractivity contribution is 7.86. The Labute approximate surface area is 206 Å². The molecular formula is C25H24FN3O6S. The van der Waals surface area contributed by atoms with Crippen LogP contribution in [0.15, 0.2) is 16.9 Å². The standard InChI is InChI=1S/C25H24FN3O6S/c1-4-25(35-36(3,32)33)15-7-19-22-13(9-29(19)23(30)14(15)10-34-24(25)31)20-17(27)6-5-12-11(2)16(26)8-18(28-22)21(12)20/h7-8,17H,4-6,9-10,27H2,1-3H3/t17?,25-/m0/s1. The van der Waals surface area contributed by atoms with E-state index >= 15 is 0 Å². The monoisotopic (exact) mass is 513 g/mol. The smallest absolute Gasteiger partial charge is 0.345 e. The molecule has 1 aliphatic carbocycles. The molecule has 0 bridgehead atoms. The summed E-state index contributed by atoms with van der Waals surface area (Å²) in [4.78, 5) is 31.3. The van der Waals surface area contributed by atoms with Gasteiger partial charge in [-0.3, -0.25) is 4.79 Å². The lowest BCUT2D eigenvalue weighted by Crippen LogP contribution is -2.47. The number of nitrogens with zero attached hydrogens (tertiary/aromatic N) is 2. The maximum atomic E-state index is 14.8. The molecular weight excluding hydrogens is 489 g/mol. The fourth-order valence-electron chi connectivity index (χ4n) is 5.98. The van der Waals surface area contributed by atoms with Crippen LogP contribution >= 0.6 is 0 Å². The number of rotatable bonds is 3. The van der Waals surface area contributed by atoms with E-state index in [1.54, 1.807) is 19.9 Å². The Kier molecular flexibility index (Phi) is 4.80. The Morgan fingerprint density at radius 1 is 1.28 bits per heavy atom. The number of aryl methyl sites for hydroxylation is 1. The zero-order valence-corrected chi connectivity index (χ0v) is 20.8. The largest absolute Gasteiger partial charge is 0.458 e. The van der Waals surface area contributed by atoms with Gasteiger partial charge in [-0.1, -0.05) is 6.92 Å². The molecule has 36 heavy (non-hydrogen) atoms. The van der Waals surface area contributed by atoms with Gasteiger partial charge >= 0.3 is 5.97 Å². The Morgan fingerprint density at radius 2 is 2.03 bits per heavy atom. The normalized spacial score (nSPS) is 22.2. The average Bonchev–Trinajstić information content (AvgIpc) is 3.18. The van der Waals surface area contributed by atoms with Gasteiger partial charge in [-0.25, -0.2) is 18.4 Å². The van der Waals surface area contributed by atoms with Crippen LogP contribution in [0.1, 0.15) is 59.2 Å². The summed E-state index contributed by atoms with van der Waals surface area (Å²) in [6, 6.07) is 2.66. The third-order valence-corrected chi connectivity index (χ3v) is 8.27. The second-order valence-corrected chi connectivity index (χ2v) is 11.3. The molecule has 1 unspecified atom stereocenters. The van der Waals surface area contributed by atoms with Crippen LogP contribution in [0.3, 0.4) is 0 Å². The van der Waals surface area contributed by atoms with E-state index in [4.69, 9.17) is 19.6 Å². The summed E-state index contributed by atoms with van der Waals surface area (Å²) in [5.74, 6) is -1.24. The van der Waals surface area contributed by atoms with E-state index in [0.717, 1.165) is 28.3 Å². The molecule has 2 aromatic heterocycles. The Morgan fingerprint density at radius 3 is 2.72 bits per heavy atom. The molecule has 188 valence electrons. The van der Waals surface area contributed by atoms with Crippen LogP contribution in [0.5, 0.6) is 0 Å². The lowest BCUT2D eigenvalue weighted by Gasteiger charge is -2.34. The van der Waals surface area contributed by atoms with Gasteiger partial charge in [0.1, 0.15) is 12.4 Å². The van der Waals surface area contributed by atoms with E-state index in [0.29, 0.717) is 35.3 Å². The number of carbonyl (C=O) groups is 1. The molecule has 11 heteroatoms. The lowest BCUT2D eigenvalue weighted by atomic mass is 9.82. The second kappa shape index (κ2) is 7.44. The summed E-state index contributed by atoms with van der Waals surface area (Å²) in [6.07, 6.45) is 2.04. The van der Waals surface area contributed by atoms with E-state index in [9.17, 15) is 22.4 Å². The van der Waals surface area contributed by atoms with E-state index in [-0.39, 0.29) is 42.6 Å². The van der Waals surface area contributed by atoms with Crippen LogP contribution in [-0.4, -0.2) is 30.2 Å². The molecule has 0 saturated carbocycles. The van der Waals surface area contributed by atoms with Crippen LogP contribution in [0.25, 0.3) is 22.3 Å². The summed E-state index contributed by atoms with van der Waals surface area (Å²) in [6.45, 7) is 3.24. The second-order valence-electron chi connectivity index (χ2n) is 9.71. The first-order valence-electron chi connectivity index (χ1n) is 11.7. The first-order chi connectivity index (χ1) is 17.0. The number of hydrogen-bond donors (Lipinski definition) is 1. The lowest BCUT2D eigenvalue weighted by molar-refractivity contribution is -0.168. The minimum atomic E-state index is -4.09. The Balaban J connectivity index is 1.68. The minimum absolute atomic E-state index is 0.0726. The highest BCUT2D eigenvalue weighted by Crippen LogP contribution is 2.46. The molecule has 0 fully saturated rings. The topological polar surface area (TPSA) is 131 Å². The molecule has 0 radical (unpaired) electrons. The van der Waals surface area contributed by atoms with Crippen molar-refractivity contribution in [2.75, 3.05) is 6.26 Å². The van der Waals surface area contributed by atoms with Gasteiger partial charge < -0.3 is 15.0 Å². The SMILES string of the molecule is CC[C@@]1(OS(C)(=O)=O)C(=O)OCc2c1cc1n(c2=O)Cc2c-1nc1cc(F)c(C)c3c1c2C(N)CC3. The zero-order chi connectivity index (χ0) is 25.7. The van der Waals surface area contributed by atoms with Crippen LogP contribution in [0.4, 0.5) is 4.39 Å². The van der Waals surface area contributed by atoms with Crippen molar-refractivity contribution in [3.8, 4) is 11.4 Å². The number of cyclic esters (lactones) is 1. The van der Waals surface area contributed by atoms with Crippen LogP contribution < -0.4 is 11.3 Å². The maximum absolute atomic E-state index is 14.8. The number of carbonyl (C=O) groups excluding carboxylic acids is 1. The molecule has 2 atom stereocenters. The first kappa shape index (κ1) is 23.3. The van der Waals surface area contributed by atoms with Gasteiger partial charge in [-0.05, 0) is 48.9 Å². The summed E-state index contributed by atoms with van der Waals surface area (Å²) in [5, 5.41) is 0.832. The summed E-state index contributed by atoms with van der Waals surface area (Å²) >= 11 is 0. The summed E-state index contributed by atoms with van der Waals surface area (Å²) < 4.78 is 51.1. The van der Waals surface area contributed by atoms with E-state index in [1.807, 2.05) is 0 Å². The van der Waals surface area contributed by atoms with Gasteiger partial charge in [0.05, 0.1) is 35.3 Å². The molecule has 4 heterocycles. The van der Waals surface area contributed by atoms with Crippen molar-refractivity contribution in [1.82, 2.24) is 9.55 Å². The molecule has 0 spiro atoms. The van der Waals surface area contributed by atoms with E-state index in [2.05, 4.69) is 0 Å². The molecule has 3 aromatic rings. The maximum Gasteiger partial charge on any atom is 0.345 e. The number of pyridine rings is 2. The van der Waals surface area contributed by atoms with Crippen molar-refractivity contribution < 1.29 is 26.5 Å². The minimum Gasteiger partial charge on any atom is -0.458 e. The number of ether oxygens (including phenoxy) is 1. The Hall–Kier alpha value is -3.15. The van der Waals surface area contributed by atoms with Crippen LogP contribution in [-0.2, 0) is 49.0 Å². The van der Waals surface area contributed by atoms with Crippen molar-refractivity contribution in [3.63, 3.8) is 0 Å². The summed E-state index contributed by atoms with van der Waals surface area (Å²) in [7, 11) is -4.09. The fourth-order valence-corrected chi connectivity index (χ4v) is 6.77. The number of fused-ring (bicyclic) bond motifs is 5. The molecule has 0 amide bonds. The van der Waals surface area contributed by atoms with Gasteiger partial charge in [0.15, 0.2) is 0 Å². The summed E-state index contributed by atoms with van der Waals surface area (Å²) in [5.41, 5.74) is 8.83. The Bertz CT molecular complexity index is 1700. The van der Waals surface area contributed by atoms with Gasteiger partial charge in [0.25, 0.3) is 15.7 Å². The number of hydrogen-bond acceptors (Lipinski definition) is 8. The predicted molar refractivity (Wildman–Crippen MR) is 128 cm³/mol. The van der Waals surface area contributed by atoms with Gasteiger partial charge in [0.2, 0.25) is 5.60 Å². The molecule has 3 aliphatic rings. The third kappa shape index (κ3) is 2.99. The van der Waals surface area contributed by atoms with Gasteiger partial charge in [0, 0.05) is 28.6 Å². The molecule has 0 saturated heterocycles. The number of benzene rings is 1. The molecule has 2 aliphatic heterocycles. The average molecular weight is 514 g/mol. The zero-order valence-electron chi connectivity index (χ0n) is 20.0. The van der Waals surface area contributed by atoms with E-state index in [1.165, 1.54) is 10.6 Å². The van der Waals surface area contributed by atoms with Crippen molar-refractivity contribution in [2.24, 2.45) is 5.73 Å². The van der Waals surface area contributed by atoms with Crippen LogP contribution in [0, 0.1) is 12.7 Å². The molecule has 2 N–H and O–H groups in total. The third-order valence-electron chi connectivity index (χ3n) is 7.68. The van der Waals surface area contributed by atoms with Crippen molar-refractivity contribution in [2.45, 2.75) is 57.9 Å². The number of esters is 1. The van der Waals surface area contributed by atoms with Crippen LogP contribution in [0.2, 0.25) is 0 Å². The predicted octanol–water partition coefficient (Wildman–Crippen LogP) is 2.46. The molecule has 9 nitrogen and oxygen atoms in total. The van der Waals surface area contributed by atoms with Crippen molar-refractivity contribution >= 4 is 27.0 Å². The molecule has 1 aromatic carbocycles. The van der Waals surface area contributed by atoms with Gasteiger partial charge in [-0.15, -0.1) is 0 Å². The molecule has 6 rings (SSSR count). The van der Waals surface area contributed by atoms with Gasteiger partial charge in [-0.2, -0.15) is 8.42 Å². The first-order valence-corrected chi connectivity index (χ1v) is 13.5. The fraction of sp³-hybridized carbons (Fsp3) is 0.400. The number of nitrogens with two attached hydrogens (primary N) is 1. The van der Waals surface area contributed by atoms with Crippen molar-refractivity contribution in [3.05, 3.63) is 61.7 Å². The number of aromatic nitrogens is 2. The van der Waals surface area contributed by atoms with Crippen molar-refractivity contribution in [1.29, 1.82) is 0 Å². The quantitative estimate of drug-likeness (QED) is 0.327. The highest BCUT2D eigenvalue weighted by Gasteiger charge is 2.50. The number of halogens is 1. The highest BCUT2D eigenvalue weighted by atomic mass is 32.2.